The first-order chi connectivity index (χ1) is 8.19. The maximum atomic E-state index is 5.86. The molecular weight excluding hydrogens is 214 g/mol. The predicted octanol–water partition coefficient (Wildman–Crippen LogP) is 2.27. The van der Waals surface area contributed by atoms with Crippen LogP contribution in [0.4, 0.5) is 5.82 Å². The molecule has 96 valence electrons. The number of anilines is 1. The van der Waals surface area contributed by atoms with Crippen molar-refractivity contribution in [1.82, 2.24) is 4.98 Å². The van der Waals surface area contributed by atoms with Crippen LogP contribution in [-0.2, 0) is 0 Å². The quantitative estimate of drug-likeness (QED) is 0.763. The van der Waals surface area contributed by atoms with Crippen molar-refractivity contribution in [3.05, 3.63) is 18.3 Å². The fourth-order valence-corrected chi connectivity index (χ4v) is 1.74. The van der Waals surface area contributed by atoms with Gasteiger partial charge in [0.15, 0.2) is 0 Å². The van der Waals surface area contributed by atoms with Gasteiger partial charge in [0.25, 0.3) is 0 Å². The summed E-state index contributed by atoms with van der Waals surface area (Å²) in [6, 6.07) is 3.82. The molecule has 0 fully saturated rings. The third kappa shape index (κ3) is 3.60. The van der Waals surface area contributed by atoms with Crippen LogP contribution in [0.5, 0.6) is 5.75 Å². The van der Waals surface area contributed by atoms with Crippen LogP contribution in [0.1, 0.15) is 26.7 Å². The second kappa shape index (κ2) is 6.45. The Morgan fingerprint density at radius 1 is 1.35 bits per heavy atom. The van der Waals surface area contributed by atoms with Gasteiger partial charge in [-0.3, -0.25) is 0 Å². The van der Waals surface area contributed by atoms with Crippen LogP contribution in [0, 0.1) is 5.41 Å². The highest BCUT2D eigenvalue weighted by molar-refractivity contribution is 5.37. The fourth-order valence-electron chi connectivity index (χ4n) is 1.74. The first-order valence-corrected chi connectivity index (χ1v) is 6.13. The van der Waals surface area contributed by atoms with E-state index in [-0.39, 0.29) is 5.41 Å². The third-order valence-electron chi connectivity index (χ3n) is 3.55. The SMILES string of the molecule is CCC(CC)(CN)CNc1ccc(OC)cn1. The molecule has 0 atom stereocenters. The standard InChI is InChI=1S/C13H23N3O/c1-4-13(5-2,9-14)10-16-12-7-6-11(17-3)8-15-12/h6-8H,4-5,9-10,14H2,1-3H3,(H,15,16). The smallest absolute Gasteiger partial charge is 0.137 e. The van der Waals surface area contributed by atoms with Crippen LogP contribution in [0.3, 0.4) is 0 Å². The molecule has 0 aliphatic carbocycles. The summed E-state index contributed by atoms with van der Waals surface area (Å²) in [5, 5.41) is 3.34. The number of hydrogen-bond donors (Lipinski definition) is 2. The van der Waals surface area contributed by atoms with E-state index in [1.54, 1.807) is 13.3 Å². The van der Waals surface area contributed by atoms with E-state index in [2.05, 4.69) is 24.1 Å². The van der Waals surface area contributed by atoms with E-state index in [1.165, 1.54) is 0 Å². The molecule has 0 aliphatic heterocycles. The van der Waals surface area contributed by atoms with Crippen molar-refractivity contribution >= 4 is 5.82 Å². The summed E-state index contributed by atoms with van der Waals surface area (Å²) in [6.45, 7) is 5.91. The summed E-state index contributed by atoms with van der Waals surface area (Å²) >= 11 is 0. The van der Waals surface area contributed by atoms with Crippen LogP contribution in [0.15, 0.2) is 18.3 Å². The van der Waals surface area contributed by atoms with Crippen LogP contribution in [-0.4, -0.2) is 25.2 Å². The Bertz CT molecular complexity index is 312. The topological polar surface area (TPSA) is 60.2 Å². The molecule has 0 unspecified atom stereocenters. The second-order valence-electron chi connectivity index (χ2n) is 4.35. The van der Waals surface area contributed by atoms with E-state index in [0.29, 0.717) is 6.54 Å². The lowest BCUT2D eigenvalue weighted by Crippen LogP contribution is -2.36. The van der Waals surface area contributed by atoms with Gasteiger partial charge in [0.2, 0.25) is 0 Å². The molecule has 4 nitrogen and oxygen atoms in total. The lowest BCUT2D eigenvalue weighted by Gasteiger charge is -2.30. The minimum absolute atomic E-state index is 0.168. The van der Waals surface area contributed by atoms with Gasteiger partial charge < -0.3 is 15.8 Å². The van der Waals surface area contributed by atoms with Crippen molar-refractivity contribution in [2.45, 2.75) is 26.7 Å². The van der Waals surface area contributed by atoms with Gasteiger partial charge in [0.05, 0.1) is 13.3 Å². The molecule has 0 spiro atoms. The number of nitrogens with zero attached hydrogens (tertiary/aromatic N) is 1. The predicted molar refractivity (Wildman–Crippen MR) is 71.3 cm³/mol. The molecule has 0 saturated heterocycles. The van der Waals surface area contributed by atoms with Gasteiger partial charge in [-0.25, -0.2) is 4.98 Å². The number of nitrogens with one attached hydrogen (secondary N) is 1. The Labute approximate surface area is 104 Å². The number of hydrogen-bond acceptors (Lipinski definition) is 4. The number of methoxy groups -OCH3 is 1. The molecule has 1 rings (SSSR count). The van der Waals surface area contributed by atoms with Gasteiger partial charge in [-0.2, -0.15) is 0 Å². The van der Waals surface area contributed by atoms with Gasteiger partial charge in [-0.05, 0) is 36.9 Å². The highest BCUT2D eigenvalue weighted by atomic mass is 16.5. The maximum absolute atomic E-state index is 5.86. The average Bonchev–Trinajstić information content (AvgIpc) is 2.41. The number of aromatic nitrogens is 1. The van der Waals surface area contributed by atoms with E-state index in [9.17, 15) is 0 Å². The second-order valence-corrected chi connectivity index (χ2v) is 4.35. The minimum Gasteiger partial charge on any atom is -0.495 e. The molecule has 0 radical (unpaired) electrons. The Morgan fingerprint density at radius 2 is 2.06 bits per heavy atom. The summed E-state index contributed by atoms with van der Waals surface area (Å²) in [5.74, 6) is 1.64. The lowest BCUT2D eigenvalue weighted by atomic mass is 9.82. The first kappa shape index (κ1) is 13.8. The molecule has 0 aromatic carbocycles. The van der Waals surface area contributed by atoms with Crippen LogP contribution >= 0.6 is 0 Å². The normalized spacial score (nSPS) is 11.3. The monoisotopic (exact) mass is 237 g/mol. The lowest BCUT2D eigenvalue weighted by molar-refractivity contribution is 0.294. The summed E-state index contributed by atoms with van der Waals surface area (Å²) in [6.07, 6.45) is 3.86. The van der Waals surface area contributed by atoms with Crippen molar-refractivity contribution < 1.29 is 4.74 Å². The number of rotatable bonds is 7. The Kier molecular flexibility index (Phi) is 5.22. The zero-order valence-electron chi connectivity index (χ0n) is 11.0. The highest BCUT2D eigenvalue weighted by Gasteiger charge is 2.23. The largest absolute Gasteiger partial charge is 0.495 e. The Hall–Kier alpha value is -1.29. The summed E-state index contributed by atoms with van der Waals surface area (Å²) < 4.78 is 5.07. The van der Waals surface area contributed by atoms with Gasteiger partial charge >= 0.3 is 0 Å². The van der Waals surface area contributed by atoms with Gasteiger partial charge in [-0.15, -0.1) is 0 Å². The summed E-state index contributed by atoms with van der Waals surface area (Å²) in [5.41, 5.74) is 6.03. The fraction of sp³-hybridized carbons (Fsp3) is 0.615. The molecule has 1 aromatic heterocycles. The maximum Gasteiger partial charge on any atom is 0.137 e. The van der Waals surface area contributed by atoms with Crippen LogP contribution < -0.4 is 15.8 Å². The van der Waals surface area contributed by atoms with Crippen molar-refractivity contribution in [2.75, 3.05) is 25.5 Å². The molecule has 0 saturated carbocycles. The molecule has 1 aromatic rings. The summed E-state index contributed by atoms with van der Waals surface area (Å²) in [7, 11) is 1.64. The molecule has 0 amide bonds. The minimum atomic E-state index is 0.168. The molecule has 3 N–H and O–H groups in total. The van der Waals surface area contributed by atoms with E-state index in [4.69, 9.17) is 10.5 Å². The molecule has 17 heavy (non-hydrogen) atoms. The number of nitrogens with two attached hydrogens (primary N) is 1. The first-order valence-electron chi connectivity index (χ1n) is 6.13. The van der Waals surface area contributed by atoms with Crippen molar-refractivity contribution in [3.63, 3.8) is 0 Å². The summed E-state index contributed by atoms with van der Waals surface area (Å²) in [4.78, 5) is 4.28. The number of ether oxygens (including phenoxy) is 1. The highest BCUT2D eigenvalue weighted by Crippen LogP contribution is 2.25. The van der Waals surface area contributed by atoms with Crippen LogP contribution in [0.25, 0.3) is 0 Å². The van der Waals surface area contributed by atoms with E-state index >= 15 is 0 Å². The Morgan fingerprint density at radius 3 is 2.47 bits per heavy atom. The zero-order chi connectivity index (χ0) is 12.7. The third-order valence-corrected chi connectivity index (χ3v) is 3.55. The molecule has 0 aliphatic rings. The van der Waals surface area contributed by atoms with Gasteiger partial charge in [0, 0.05) is 6.54 Å². The Balaban J connectivity index is 2.59. The zero-order valence-corrected chi connectivity index (χ0v) is 11.0. The van der Waals surface area contributed by atoms with E-state index in [0.717, 1.165) is 31.0 Å². The molecule has 0 bridgehead atoms. The van der Waals surface area contributed by atoms with Crippen LogP contribution in [0.2, 0.25) is 0 Å². The van der Waals surface area contributed by atoms with Crippen molar-refractivity contribution in [2.24, 2.45) is 11.1 Å². The van der Waals surface area contributed by atoms with Crippen molar-refractivity contribution in [3.8, 4) is 5.75 Å². The van der Waals surface area contributed by atoms with Gasteiger partial charge in [0.1, 0.15) is 11.6 Å². The molecule has 4 heteroatoms. The van der Waals surface area contributed by atoms with E-state index < -0.39 is 0 Å². The molecule has 1 heterocycles. The van der Waals surface area contributed by atoms with E-state index in [1.807, 2.05) is 12.1 Å². The van der Waals surface area contributed by atoms with Gasteiger partial charge in [-0.1, -0.05) is 13.8 Å². The average molecular weight is 237 g/mol. The number of pyridine rings is 1. The molecular formula is C13H23N3O. The van der Waals surface area contributed by atoms with Crippen molar-refractivity contribution in [1.29, 1.82) is 0 Å².